The number of methoxy groups -OCH3 is 1. The van der Waals surface area contributed by atoms with Crippen LogP contribution in [0, 0.1) is 43.6 Å². The molecule has 0 aliphatic carbocycles. The Bertz CT molecular complexity index is 342. The smallest absolute Gasteiger partial charge is 0.999 e. The Morgan fingerprint density at radius 1 is 1.06 bits per heavy atom. The SMILES string of the molecule is COc1cc[c-]cc1.[C-]#[O+].[C-]#[O+].[Fe+6].[c-]1[c-][c-][cH-][c-]1. The average Bonchev–Trinajstić information content (AvgIpc) is 3.03. The van der Waals surface area contributed by atoms with Crippen molar-refractivity contribution in [2.24, 2.45) is 0 Å². The van der Waals surface area contributed by atoms with Crippen molar-refractivity contribution in [1.29, 1.82) is 0 Å². The van der Waals surface area contributed by atoms with Gasteiger partial charge in [0.05, 0.1) is 7.11 Å². The van der Waals surface area contributed by atoms with Gasteiger partial charge in [0.1, 0.15) is 0 Å². The maximum Gasteiger partial charge on any atom is 6.00 e. The third-order valence-corrected chi connectivity index (χ3v) is 1.27. The first-order chi connectivity index (χ1) is 8.43. The topological polar surface area (TPSA) is 49.0 Å². The summed E-state index contributed by atoms with van der Waals surface area (Å²) in [5.41, 5.74) is 0. The predicted octanol–water partition coefficient (Wildman–Crippen LogP) is 2.02. The Morgan fingerprint density at radius 3 is 1.72 bits per heavy atom. The molecule has 4 heteroatoms. The summed E-state index contributed by atoms with van der Waals surface area (Å²) in [5.74, 6) is 0.878. The van der Waals surface area contributed by atoms with E-state index in [9.17, 15) is 0 Å². The van der Waals surface area contributed by atoms with Gasteiger partial charge in [-0.15, -0.1) is 12.1 Å². The van der Waals surface area contributed by atoms with Crippen molar-refractivity contribution in [3.63, 3.8) is 0 Å². The van der Waals surface area contributed by atoms with Crippen LogP contribution >= 0.6 is 0 Å². The van der Waals surface area contributed by atoms with Crippen LogP contribution in [0.2, 0.25) is 0 Å². The van der Waals surface area contributed by atoms with Gasteiger partial charge in [-0.1, -0.05) is 0 Å². The van der Waals surface area contributed by atoms with Crippen LogP contribution in [0.1, 0.15) is 0 Å². The molecule has 0 unspecified atom stereocenters. The van der Waals surface area contributed by atoms with E-state index in [1.165, 1.54) is 0 Å². The summed E-state index contributed by atoms with van der Waals surface area (Å²) in [5, 5.41) is 0. The number of hydrogen-bond donors (Lipinski definition) is 0. The Hall–Kier alpha value is -1.63. The molecule has 0 aliphatic heterocycles. The zero-order valence-electron chi connectivity index (χ0n) is 9.47. The van der Waals surface area contributed by atoms with Gasteiger partial charge in [0, 0.05) is 5.75 Å². The molecule has 0 saturated heterocycles. The van der Waals surface area contributed by atoms with Gasteiger partial charge in [0.2, 0.25) is 0 Å². The second-order valence-electron chi connectivity index (χ2n) is 2.12. The first-order valence-corrected chi connectivity index (χ1v) is 4.17. The molecule has 0 atom stereocenters. The molecule has 90 valence electrons. The molecule has 0 fully saturated rings. The van der Waals surface area contributed by atoms with E-state index in [0.717, 1.165) is 5.75 Å². The van der Waals surface area contributed by atoms with E-state index in [0.29, 0.717) is 0 Å². The fraction of sp³-hybridized carbons (Fsp3) is 0.0714. The van der Waals surface area contributed by atoms with Crippen molar-refractivity contribution in [3.05, 3.63) is 74.0 Å². The van der Waals surface area contributed by atoms with Crippen LogP contribution in [-0.4, -0.2) is 7.11 Å². The van der Waals surface area contributed by atoms with Gasteiger partial charge in [0.15, 0.2) is 0 Å². The minimum absolute atomic E-state index is 0. The second-order valence-corrected chi connectivity index (χ2v) is 2.12. The molecule has 0 bridgehead atoms. The van der Waals surface area contributed by atoms with E-state index in [-0.39, 0.29) is 17.1 Å². The molecule has 3 nitrogen and oxygen atoms in total. The maximum atomic E-state index is 7.50. The van der Waals surface area contributed by atoms with Crippen LogP contribution in [0.4, 0.5) is 0 Å². The van der Waals surface area contributed by atoms with Crippen molar-refractivity contribution in [2.45, 2.75) is 0 Å². The van der Waals surface area contributed by atoms with Crippen LogP contribution in [0.3, 0.4) is 0 Å². The van der Waals surface area contributed by atoms with Gasteiger partial charge in [0.25, 0.3) is 0 Å². The van der Waals surface area contributed by atoms with Crippen LogP contribution in [-0.2, 0) is 26.4 Å². The molecule has 0 N–H and O–H groups in total. The predicted molar refractivity (Wildman–Crippen MR) is 57.1 cm³/mol. The molecule has 0 spiro atoms. The number of hydrogen-bond acceptors (Lipinski definition) is 1. The minimum atomic E-state index is 0. The molecular weight excluding hydrogens is 272 g/mol. The molecule has 2 aromatic carbocycles. The molecule has 18 heavy (non-hydrogen) atoms. The van der Waals surface area contributed by atoms with Gasteiger partial charge in [-0.25, -0.2) is 0 Å². The van der Waals surface area contributed by atoms with Crippen LogP contribution in [0.15, 0.2) is 30.3 Å². The van der Waals surface area contributed by atoms with Crippen molar-refractivity contribution in [1.82, 2.24) is 0 Å². The fourth-order valence-corrected chi connectivity index (χ4v) is 0.688. The molecule has 2 aromatic rings. The van der Waals surface area contributed by atoms with E-state index in [2.05, 4.69) is 43.6 Å². The number of benzene rings is 1. The molecule has 2 rings (SSSR count). The van der Waals surface area contributed by atoms with Gasteiger partial charge >= 0.3 is 39.7 Å². The molecule has 0 saturated carbocycles. The van der Waals surface area contributed by atoms with Crippen molar-refractivity contribution in [3.8, 4) is 5.75 Å². The zero-order chi connectivity index (χ0) is 13.4. The van der Waals surface area contributed by atoms with Gasteiger partial charge in [-0.05, 0) is 0 Å². The monoisotopic (exact) mass is 280 g/mol. The van der Waals surface area contributed by atoms with Crippen molar-refractivity contribution in [2.75, 3.05) is 7.11 Å². The van der Waals surface area contributed by atoms with E-state index < -0.39 is 0 Å². The standard InChI is InChI=1S/C7H7O.C5H.2CO.Fe/c1-8-7-5-3-2-4-6-7;1-2-4-5-3-1;2*1-2;/h3-6H,1H3;1H;;;/q-1;-5;;;+6. The summed E-state index contributed by atoms with van der Waals surface area (Å²) >= 11 is 0. The fourth-order valence-electron chi connectivity index (χ4n) is 0.688. The summed E-state index contributed by atoms with van der Waals surface area (Å²) in [7, 11) is 1.65. The summed E-state index contributed by atoms with van der Waals surface area (Å²) in [6.45, 7) is 9.00. The Labute approximate surface area is 118 Å². The first kappa shape index (κ1) is 21.6. The Kier molecular flexibility index (Phi) is 24.9. The molecule has 0 heterocycles. The molecule has 0 aliphatic rings. The first-order valence-electron chi connectivity index (χ1n) is 4.17. The van der Waals surface area contributed by atoms with Crippen molar-refractivity contribution >= 4 is 0 Å². The maximum absolute atomic E-state index is 7.50. The normalized spacial score (nSPS) is 6.28. The van der Waals surface area contributed by atoms with Crippen LogP contribution in [0.5, 0.6) is 5.75 Å². The van der Waals surface area contributed by atoms with E-state index in [1.54, 1.807) is 13.2 Å². The average molecular weight is 280 g/mol. The third kappa shape index (κ3) is 14.4. The quantitative estimate of drug-likeness (QED) is 0.448. The molecule has 0 radical (unpaired) electrons. The van der Waals surface area contributed by atoms with Gasteiger partial charge in [-0.3, -0.25) is 0 Å². The van der Waals surface area contributed by atoms with Crippen molar-refractivity contribution < 1.29 is 31.1 Å². The largest absolute Gasteiger partial charge is 6.00 e. The van der Waals surface area contributed by atoms with Gasteiger partial charge < -0.3 is 35.1 Å². The number of ether oxygens (including phenoxy) is 1. The van der Waals surface area contributed by atoms with E-state index in [1.807, 2.05) is 24.3 Å². The van der Waals surface area contributed by atoms with E-state index in [4.69, 9.17) is 14.0 Å². The summed E-state index contributed by atoms with van der Waals surface area (Å²) in [6, 6.07) is 22.2. The summed E-state index contributed by atoms with van der Waals surface area (Å²) in [6.07, 6.45) is 0. The van der Waals surface area contributed by atoms with Crippen LogP contribution < -0.4 is 4.74 Å². The Morgan fingerprint density at radius 2 is 1.50 bits per heavy atom. The second kappa shape index (κ2) is 20.7. The third-order valence-electron chi connectivity index (χ3n) is 1.27. The molecule has 0 aromatic heterocycles. The number of rotatable bonds is 1. The summed E-state index contributed by atoms with van der Waals surface area (Å²) < 4.78 is 19.9. The Balaban J connectivity index is -0.000000196. The zero-order valence-corrected chi connectivity index (χ0v) is 10.6. The molecular formula is C14H8FeO3. The summed E-state index contributed by atoms with van der Waals surface area (Å²) in [4.78, 5) is 0. The van der Waals surface area contributed by atoms with Crippen LogP contribution in [0.25, 0.3) is 0 Å². The molecule has 0 amide bonds. The van der Waals surface area contributed by atoms with E-state index >= 15 is 0 Å². The van der Waals surface area contributed by atoms with Gasteiger partial charge in [-0.2, -0.15) is 18.2 Å². The minimum Gasteiger partial charge on any atom is -0.999 e.